The van der Waals surface area contributed by atoms with Gasteiger partial charge in [-0.05, 0) is 30.7 Å². The fraction of sp³-hybridized carbons (Fsp3) is 0.467. The van der Waals surface area contributed by atoms with Crippen LogP contribution in [-0.2, 0) is 0 Å². The molecule has 0 spiro atoms. The van der Waals surface area contributed by atoms with Crippen molar-refractivity contribution in [2.45, 2.75) is 26.2 Å². The zero-order chi connectivity index (χ0) is 14.1. The van der Waals surface area contributed by atoms with E-state index >= 15 is 0 Å². The summed E-state index contributed by atoms with van der Waals surface area (Å²) in [6, 6.07) is 9.15. The highest BCUT2D eigenvalue weighted by atomic mass is 16.5. The molecule has 4 nitrogen and oxygen atoms in total. The van der Waals surface area contributed by atoms with E-state index in [4.69, 9.17) is 10.00 Å². The number of hydrogen-bond acceptors (Lipinski definition) is 3. The van der Waals surface area contributed by atoms with Crippen molar-refractivity contribution in [3.63, 3.8) is 0 Å². The minimum absolute atomic E-state index is 0.0737. The van der Waals surface area contributed by atoms with E-state index in [1.807, 2.05) is 6.07 Å². The van der Waals surface area contributed by atoms with Crippen LogP contribution in [0, 0.1) is 11.3 Å². The third kappa shape index (κ3) is 5.01. The van der Waals surface area contributed by atoms with E-state index in [9.17, 15) is 4.79 Å². The summed E-state index contributed by atoms with van der Waals surface area (Å²) in [4.78, 5) is 13.5. The van der Waals surface area contributed by atoms with Crippen LogP contribution < -0.4 is 4.74 Å². The Morgan fingerprint density at radius 3 is 2.63 bits per heavy atom. The Morgan fingerprint density at radius 2 is 2.05 bits per heavy atom. The minimum atomic E-state index is -0.0737. The van der Waals surface area contributed by atoms with Gasteiger partial charge in [-0.1, -0.05) is 13.3 Å². The standard InChI is InChI=1S/C15H20N2O2/c1-3-4-12-19-14-8-6-13(7-9-14)15(18)17(2)11-5-10-16/h6-9H,3-5,11-12H2,1-2H3. The summed E-state index contributed by atoms with van der Waals surface area (Å²) in [5.74, 6) is 0.708. The maximum absolute atomic E-state index is 12.0. The van der Waals surface area contributed by atoms with Crippen LogP contribution in [-0.4, -0.2) is 31.0 Å². The molecule has 0 radical (unpaired) electrons. The normalized spacial score (nSPS) is 9.74. The van der Waals surface area contributed by atoms with E-state index in [1.54, 1.807) is 36.2 Å². The Labute approximate surface area is 114 Å². The summed E-state index contributed by atoms with van der Waals surface area (Å²) in [6.07, 6.45) is 2.47. The SMILES string of the molecule is CCCCOc1ccc(C(=O)N(C)CCC#N)cc1. The van der Waals surface area contributed by atoms with Crippen LogP contribution in [0.15, 0.2) is 24.3 Å². The van der Waals surface area contributed by atoms with Crippen molar-refractivity contribution in [1.82, 2.24) is 4.90 Å². The lowest BCUT2D eigenvalue weighted by Crippen LogP contribution is -2.27. The summed E-state index contributed by atoms with van der Waals surface area (Å²) in [5, 5.41) is 8.50. The molecule has 0 heterocycles. The van der Waals surface area contributed by atoms with Gasteiger partial charge < -0.3 is 9.64 Å². The van der Waals surface area contributed by atoms with Crippen LogP contribution in [0.5, 0.6) is 5.75 Å². The molecule has 0 atom stereocenters. The second-order valence-electron chi connectivity index (χ2n) is 4.36. The van der Waals surface area contributed by atoms with Crippen LogP contribution in [0.1, 0.15) is 36.5 Å². The number of ether oxygens (including phenoxy) is 1. The highest BCUT2D eigenvalue weighted by molar-refractivity contribution is 5.94. The Bertz CT molecular complexity index is 434. The van der Waals surface area contributed by atoms with Crippen molar-refractivity contribution < 1.29 is 9.53 Å². The van der Waals surface area contributed by atoms with Gasteiger partial charge in [0.15, 0.2) is 0 Å². The fourth-order valence-corrected chi connectivity index (χ4v) is 1.57. The summed E-state index contributed by atoms with van der Waals surface area (Å²) in [7, 11) is 1.70. The smallest absolute Gasteiger partial charge is 0.253 e. The number of nitrogens with zero attached hydrogens (tertiary/aromatic N) is 2. The van der Waals surface area contributed by atoms with Gasteiger partial charge in [0.2, 0.25) is 0 Å². The zero-order valence-electron chi connectivity index (χ0n) is 11.6. The van der Waals surface area contributed by atoms with Gasteiger partial charge in [-0.2, -0.15) is 5.26 Å². The number of carbonyl (C=O) groups is 1. The van der Waals surface area contributed by atoms with Gasteiger partial charge >= 0.3 is 0 Å². The van der Waals surface area contributed by atoms with Crippen LogP contribution in [0.25, 0.3) is 0 Å². The molecule has 102 valence electrons. The number of amides is 1. The van der Waals surface area contributed by atoms with Crippen molar-refractivity contribution in [3.05, 3.63) is 29.8 Å². The first-order valence-corrected chi connectivity index (χ1v) is 6.54. The van der Waals surface area contributed by atoms with Crippen LogP contribution in [0.2, 0.25) is 0 Å². The van der Waals surface area contributed by atoms with Crippen molar-refractivity contribution >= 4 is 5.91 Å². The topological polar surface area (TPSA) is 53.3 Å². The molecule has 0 aliphatic rings. The monoisotopic (exact) mass is 260 g/mol. The Morgan fingerprint density at radius 1 is 1.37 bits per heavy atom. The molecule has 4 heteroatoms. The first-order valence-electron chi connectivity index (χ1n) is 6.54. The molecule has 0 unspecified atom stereocenters. The van der Waals surface area contributed by atoms with Gasteiger partial charge in [0.25, 0.3) is 5.91 Å². The third-order valence-corrected chi connectivity index (χ3v) is 2.77. The molecule has 0 bridgehead atoms. The molecule has 1 aromatic rings. The van der Waals surface area contributed by atoms with E-state index in [1.165, 1.54) is 0 Å². The summed E-state index contributed by atoms with van der Waals surface area (Å²) >= 11 is 0. The molecule has 0 aromatic heterocycles. The molecule has 0 N–H and O–H groups in total. The summed E-state index contributed by atoms with van der Waals surface area (Å²) < 4.78 is 5.54. The van der Waals surface area contributed by atoms with Crippen LogP contribution in [0.4, 0.5) is 0 Å². The molecule has 0 fully saturated rings. The summed E-state index contributed by atoms with van der Waals surface area (Å²) in [6.45, 7) is 3.26. The molecule has 0 saturated heterocycles. The Balaban J connectivity index is 2.55. The van der Waals surface area contributed by atoms with E-state index in [0.717, 1.165) is 18.6 Å². The minimum Gasteiger partial charge on any atom is -0.494 e. The molecule has 1 aromatic carbocycles. The van der Waals surface area contributed by atoms with E-state index in [0.29, 0.717) is 25.1 Å². The van der Waals surface area contributed by atoms with Crippen molar-refractivity contribution in [1.29, 1.82) is 5.26 Å². The molecule has 0 aliphatic heterocycles. The van der Waals surface area contributed by atoms with Crippen molar-refractivity contribution in [2.75, 3.05) is 20.2 Å². The van der Waals surface area contributed by atoms with Gasteiger partial charge in [0.1, 0.15) is 5.75 Å². The number of carbonyl (C=O) groups excluding carboxylic acids is 1. The van der Waals surface area contributed by atoms with Gasteiger partial charge in [0, 0.05) is 19.2 Å². The average Bonchev–Trinajstić information content (AvgIpc) is 2.45. The molecular weight excluding hydrogens is 240 g/mol. The number of hydrogen-bond donors (Lipinski definition) is 0. The second-order valence-corrected chi connectivity index (χ2v) is 4.36. The van der Waals surface area contributed by atoms with Crippen molar-refractivity contribution in [2.24, 2.45) is 0 Å². The third-order valence-electron chi connectivity index (χ3n) is 2.77. The van der Waals surface area contributed by atoms with Gasteiger partial charge in [-0.3, -0.25) is 4.79 Å². The Hall–Kier alpha value is -2.02. The molecular formula is C15H20N2O2. The highest BCUT2D eigenvalue weighted by Crippen LogP contribution is 2.14. The zero-order valence-corrected chi connectivity index (χ0v) is 11.6. The van der Waals surface area contributed by atoms with Crippen molar-refractivity contribution in [3.8, 4) is 11.8 Å². The van der Waals surface area contributed by atoms with Gasteiger partial charge in [0.05, 0.1) is 19.1 Å². The largest absolute Gasteiger partial charge is 0.494 e. The number of nitriles is 1. The first-order chi connectivity index (χ1) is 9.19. The number of unbranched alkanes of at least 4 members (excludes halogenated alkanes) is 1. The quantitative estimate of drug-likeness (QED) is 0.708. The maximum atomic E-state index is 12.0. The van der Waals surface area contributed by atoms with Gasteiger partial charge in [-0.25, -0.2) is 0 Å². The number of benzene rings is 1. The van der Waals surface area contributed by atoms with Crippen LogP contribution in [0.3, 0.4) is 0 Å². The summed E-state index contributed by atoms with van der Waals surface area (Å²) in [5.41, 5.74) is 0.614. The molecule has 19 heavy (non-hydrogen) atoms. The van der Waals surface area contributed by atoms with E-state index < -0.39 is 0 Å². The fourth-order valence-electron chi connectivity index (χ4n) is 1.57. The molecule has 0 aliphatic carbocycles. The predicted molar refractivity (Wildman–Crippen MR) is 74.0 cm³/mol. The molecule has 0 saturated carbocycles. The molecule has 1 rings (SSSR count). The average molecular weight is 260 g/mol. The van der Waals surface area contributed by atoms with Crippen LogP contribution >= 0.6 is 0 Å². The number of rotatable bonds is 7. The first kappa shape index (κ1) is 15.0. The maximum Gasteiger partial charge on any atom is 0.253 e. The second kappa shape index (κ2) is 8.15. The molecule has 1 amide bonds. The lowest BCUT2D eigenvalue weighted by Gasteiger charge is -2.15. The predicted octanol–water partition coefficient (Wildman–Crippen LogP) is 2.85. The van der Waals surface area contributed by atoms with E-state index in [-0.39, 0.29) is 5.91 Å². The Kier molecular flexibility index (Phi) is 6.45. The van der Waals surface area contributed by atoms with E-state index in [2.05, 4.69) is 6.92 Å². The lowest BCUT2D eigenvalue weighted by atomic mass is 10.2. The van der Waals surface area contributed by atoms with Gasteiger partial charge in [-0.15, -0.1) is 0 Å². The lowest BCUT2D eigenvalue weighted by molar-refractivity contribution is 0.0798. The highest BCUT2D eigenvalue weighted by Gasteiger charge is 2.10.